The number of rotatable bonds is 7. The van der Waals surface area contributed by atoms with Crippen LogP contribution in [0.2, 0.25) is 0 Å². The van der Waals surface area contributed by atoms with E-state index >= 15 is 0 Å². The van der Waals surface area contributed by atoms with E-state index in [1.54, 1.807) is 6.26 Å². The van der Waals surface area contributed by atoms with Crippen LogP contribution in [-0.2, 0) is 11.3 Å². The van der Waals surface area contributed by atoms with Gasteiger partial charge < -0.3 is 19.4 Å². The molecule has 0 atom stereocenters. The number of ether oxygens (including phenoxy) is 1. The van der Waals surface area contributed by atoms with E-state index in [4.69, 9.17) is 9.15 Å². The molecule has 0 aromatic carbocycles. The topological polar surface area (TPSA) is 37.6 Å². The van der Waals surface area contributed by atoms with Crippen LogP contribution in [0, 0.1) is 0 Å². The predicted octanol–water partition coefficient (Wildman–Crippen LogP) is 1.87. The van der Waals surface area contributed by atoms with Crippen LogP contribution < -0.4 is 5.32 Å². The van der Waals surface area contributed by atoms with Crippen molar-refractivity contribution >= 4 is 0 Å². The van der Waals surface area contributed by atoms with Gasteiger partial charge in [0, 0.05) is 25.3 Å². The summed E-state index contributed by atoms with van der Waals surface area (Å²) >= 11 is 0. The fourth-order valence-corrected chi connectivity index (χ4v) is 2.32. The fourth-order valence-electron chi connectivity index (χ4n) is 2.32. The van der Waals surface area contributed by atoms with Crippen LogP contribution in [0.4, 0.5) is 0 Å². The van der Waals surface area contributed by atoms with Gasteiger partial charge in [-0.2, -0.15) is 0 Å². The molecule has 1 aromatic heterocycles. The molecule has 2 heterocycles. The van der Waals surface area contributed by atoms with Gasteiger partial charge in [-0.15, -0.1) is 0 Å². The number of nitrogens with one attached hydrogen (secondary N) is 1. The van der Waals surface area contributed by atoms with E-state index in [9.17, 15) is 0 Å². The lowest BCUT2D eigenvalue weighted by atomic mass is 10.1. The van der Waals surface area contributed by atoms with Crippen molar-refractivity contribution in [2.24, 2.45) is 0 Å². The molecule has 4 nitrogen and oxygen atoms in total. The van der Waals surface area contributed by atoms with Crippen molar-refractivity contribution in [1.29, 1.82) is 0 Å². The lowest BCUT2D eigenvalue weighted by Gasteiger charge is -2.23. The van der Waals surface area contributed by atoms with Crippen molar-refractivity contribution in [3.8, 4) is 0 Å². The lowest BCUT2D eigenvalue weighted by Crippen LogP contribution is -2.33. The second-order valence-electron chi connectivity index (χ2n) is 5.04. The molecular weight excluding hydrogens is 228 g/mol. The Morgan fingerprint density at radius 2 is 2.28 bits per heavy atom. The summed E-state index contributed by atoms with van der Waals surface area (Å²) in [6.07, 6.45) is 7.42. The van der Waals surface area contributed by atoms with Gasteiger partial charge in [0.25, 0.3) is 0 Å². The highest BCUT2D eigenvalue weighted by Crippen LogP contribution is 2.08. The molecule has 1 aliphatic rings. The highest BCUT2D eigenvalue weighted by molar-refractivity contribution is 5.04. The highest BCUT2D eigenvalue weighted by Gasteiger charge is 2.12. The molecule has 0 radical (unpaired) electrons. The van der Waals surface area contributed by atoms with Crippen molar-refractivity contribution in [1.82, 2.24) is 10.2 Å². The molecule has 0 spiro atoms. The summed E-state index contributed by atoms with van der Waals surface area (Å²) < 4.78 is 10.9. The average molecular weight is 252 g/mol. The van der Waals surface area contributed by atoms with Crippen LogP contribution in [0.5, 0.6) is 0 Å². The number of hydrogen-bond acceptors (Lipinski definition) is 4. The maximum atomic E-state index is 5.88. The van der Waals surface area contributed by atoms with E-state index in [0.29, 0.717) is 6.10 Å². The molecule has 0 amide bonds. The first kappa shape index (κ1) is 13.6. The minimum Gasteiger partial charge on any atom is -0.472 e. The van der Waals surface area contributed by atoms with Gasteiger partial charge in [-0.3, -0.25) is 0 Å². The molecule has 1 saturated heterocycles. The third-order valence-corrected chi connectivity index (χ3v) is 3.36. The van der Waals surface area contributed by atoms with E-state index in [1.807, 2.05) is 12.3 Å². The minimum absolute atomic E-state index is 0.477. The summed E-state index contributed by atoms with van der Waals surface area (Å²) in [5.41, 5.74) is 1.23. The Morgan fingerprint density at radius 1 is 1.44 bits per heavy atom. The monoisotopic (exact) mass is 252 g/mol. The van der Waals surface area contributed by atoms with E-state index in [1.165, 1.54) is 5.56 Å². The van der Waals surface area contributed by atoms with Crippen LogP contribution in [0.15, 0.2) is 23.0 Å². The van der Waals surface area contributed by atoms with Crippen molar-refractivity contribution in [2.75, 3.05) is 33.3 Å². The molecule has 1 aliphatic heterocycles. The molecule has 1 N–H and O–H groups in total. The number of piperidine rings is 1. The number of hydrogen-bond donors (Lipinski definition) is 1. The first-order chi connectivity index (χ1) is 8.84. The zero-order valence-corrected chi connectivity index (χ0v) is 11.2. The third-order valence-electron chi connectivity index (χ3n) is 3.36. The van der Waals surface area contributed by atoms with Crippen molar-refractivity contribution in [2.45, 2.75) is 31.9 Å². The Balaban J connectivity index is 1.52. The molecule has 18 heavy (non-hydrogen) atoms. The summed E-state index contributed by atoms with van der Waals surface area (Å²) in [6, 6.07) is 2.02. The maximum absolute atomic E-state index is 5.88. The average Bonchev–Trinajstić information content (AvgIpc) is 2.89. The minimum atomic E-state index is 0.477. The molecular formula is C14H24N2O2. The van der Waals surface area contributed by atoms with E-state index in [-0.39, 0.29) is 0 Å². The lowest BCUT2D eigenvalue weighted by molar-refractivity contribution is 0.0284. The first-order valence-corrected chi connectivity index (χ1v) is 6.86. The van der Waals surface area contributed by atoms with E-state index in [2.05, 4.69) is 17.3 Å². The van der Waals surface area contributed by atoms with Crippen LogP contribution >= 0.6 is 0 Å². The van der Waals surface area contributed by atoms with Crippen LogP contribution in [0.25, 0.3) is 0 Å². The summed E-state index contributed by atoms with van der Waals surface area (Å²) in [4.78, 5) is 2.30. The fraction of sp³-hybridized carbons (Fsp3) is 0.714. The zero-order chi connectivity index (χ0) is 12.6. The second-order valence-corrected chi connectivity index (χ2v) is 5.04. The quantitative estimate of drug-likeness (QED) is 0.752. The van der Waals surface area contributed by atoms with E-state index in [0.717, 1.165) is 52.0 Å². The molecule has 102 valence electrons. The van der Waals surface area contributed by atoms with Gasteiger partial charge in [0.15, 0.2) is 0 Å². The van der Waals surface area contributed by atoms with Gasteiger partial charge in [-0.1, -0.05) is 0 Å². The van der Waals surface area contributed by atoms with E-state index < -0.39 is 0 Å². The summed E-state index contributed by atoms with van der Waals surface area (Å²) in [5, 5.41) is 3.35. The van der Waals surface area contributed by atoms with Gasteiger partial charge in [0.1, 0.15) is 0 Å². The molecule has 4 heteroatoms. The first-order valence-electron chi connectivity index (χ1n) is 6.86. The van der Waals surface area contributed by atoms with Gasteiger partial charge in [0.2, 0.25) is 0 Å². The smallest absolute Gasteiger partial charge is 0.0947 e. The van der Waals surface area contributed by atoms with Crippen LogP contribution in [0.1, 0.15) is 24.8 Å². The number of furan rings is 1. The molecule has 1 fully saturated rings. The predicted molar refractivity (Wildman–Crippen MR) is 71.5 cm³/mol. The summed E-state index contributed by atoms with van der Waals surface area (Å²) in [7, 11) is 2.14. The Hall–Kier alpha value is -0.840. The van der Waals surface area contributed by atoms with Gasteiger partial charge in [-0.05, 0) is 45.5 Å². The Bertz CT molecular complexity index is 308. The maximum Gasteiger partial charge on any atom is 0.0947 e. The summed E-state index contributed by atoms with van der Waals surface area (Å²) in [6.45, 7) is 5.09. The third kappa shape index (κ3) is 4.80. The van der Waals surface area contributed by atoms with Gasteiger partial charge in [0.05, 0.1) is 18.6 Å². The molecule has 1 aromatic rings. The van der Waals surface area contributed by atoms with Crippen LogP contribution in [-0.4, -0.2) is 44.3 Å². The normalized spacial score (nSPS) is 17.4. The molecule has 0 aliphatic carbocycles. The molecule has 0 unspecified atom stereocenters. The number of nitrogens with zero attached hydrogens (tertiary/aromatic N) is 1. The molecule has 0 bridgehead atoms. The second kappa shape index (κ2) is 7.56. The van der Waals surface area contributed by atoms with Gasteiger partial charge >= 0.3 is 0 Å². The SMILES string of the molecule is CN(CCCOC1CCNCC1)Cc1ccoc1. The standard InChI is InChI=1S/C14H24N2O2/c1-16(11-13-5-10-17-12-13)8-2-9-18-14-3-6-15-7-4-14/h5,10,12,14-15H,2-4,6-9,11H2,1H3. The zero-order valence-electron chi connectivity index (χ0n) is 11.2. The van der Waals surface area contributed by atoms with Crippen molar-refractivity contribution in [3.05, 3.63) is 24.2 Å². The Kier molecular flexibility index (Phi) is 5.71. The van der Waals surface area contributed by atoms with Crippen molar-refractivity contribution in [3.63, 3.8) is 0 Å². The molecule has 0 saturated carbocycles. The summed E-state index contributed by atoms with van der Waals surface area (Å²) in [5.74, 6) is 0. The Labute approximate surface area is 109 Å². The van der Waals surface area contributed by atoms with Crippen molar-refractivity contribution < 1.29 is 9.15 Å². The van der Waals surface area contributed by atoms with Crippen LogP contribution in [0.3, 0.4) is 0 Å². The van der Waals surface area contributed by atoms with Gasteiger partial charge in [-0.25, -0.2) is 0 Å². The Morgan fingerprint density at radius 3 is 3.00 bits per heavy atom. The largest absolute Gasteiger partial charge is 0.472 e. The molecule has 2 rings (SSSR count). The highest BCUT2D eigenvalue weighted by atomic mass is 16.5.